The molecule has 0 aliphatic carbocycles. The molecule has 13 heteroatoms. The topological polar surface area (TPSA) is 127 Å². The van der Waals surface area contributed by atoms with Crippen molar-refractivity contribution in [2.24, 2.45) is 0 Å². The lowest BCUT2D eigenvalue weighted by atomic mass is 10.1. The van der Waals surface area contributed by atoms with E-state index in [1.54, 1.807) is 6.07 Å². The summed E-state index contributed by atoms with van der Waals surface area (Å²) in [4.78, 5) is 22.7. The molecule has 1 saturated heterocycles. The number of methoxy groups -OCH3 is 1. The summed E-state index contributed by atoms with van der Waals surface area (Å²) in [5.41, 5.74) is 3.97. The van der Waals surface area contributed by atoms with Gasteiger partial charge < -0.3 is 25.6 Å². The minimum atomic E-state index is -0.537. The Balaban J connectivity index is 0.00000280. The lowest BCUT2D eigenvalue weighted by molar-refractivity contribution is 0.262. The molecule has 2 amide bonds. The molecule has 1 atom stereocenters. The van der Waals surface area contributed by atoms with Gasteiger partial charge in [0.2, 0.25) is 0 Å². The molecule has 40 heavy (non-hydrogen) atoms. The van der Waals surface area contributed by atoms with E-state index in [2.05, 4.69) is 67.3 Å². The number of nitrogens with zero attached hydrogens (tertiary/aromatic N) is 4. The Labute approximate surface area is 251 Å². The number of nitriles is 1. The van der Waals surface area contributed by atoms with Crippen LogP contribution in [0.15, 0.2) is 48.8 Å². The van der Waals surface area contributed by atoms with E-state index in [4.69, 9.17) is 21.6 Å². The van der Waals surface area contributed by atoms with Crippen molar-refractivity contribution in [2.45, 2.75) is 19.4 Å². The molecular weight excluding hydrogens is 575 g/mol. The minimum Gasteiger partial charge on any atom is -0.495 e. The lowest BCUT2D eigenvalue weighted by Crippen LogP contribution is -2.43. The second kappa shape index (κ2) is 16.1. The van der Waals surface area contributed by atoms with E-state index in [0.29, 0.717) is 29.4 Å². The van der Waals surface area contributed by atoms with Crippen molar-refractivity contribution in [1.82, 2.24) is 20.6 Å². The van der Waals surface area contributed by atoms with Crippen LogP contribution in [0.1, 0.15) is 29.8 Å². The van der Waals surface area contributed by atoms with Gasteiger partial charge in [-0.2, -0.15) is 5.26 Å². The summed E-state index contributed by atoms with van der Waals surface area (Å²) in [6.45, 7) is 6.96. The maximum atomic E-state index is 12.4. The number of ether oxygens (including phenoxy) is 1. The zero-order valence-electron chi connectivity index (χ0n) is 22.2. The van der Waals surface area contributed by atoms with Crippen LogP contribution in [0.25, 0.3) is 0 Å². The highest BCUT2D eigenvalue weighted by molar-refractivity contribution is 6.31. The standard InChI is InChI=1S/C27H31ClN8O2.2ClH/c1-18(19-3-5-22(6-4-19)36-11-9-30-10-12-36)31-8-7-20-13-25(38-2)24(14-23(20)28)34-27(37)35-26-17-32-21(15-29)16-33-26;;/h3-6,13-14,16-18,30-31H,7-12H2,1-2H3,(H2,33,34,35,37);2*1H/t18-;;/m0../s1. The van der Waals surface area contributed by atoms with Gasteiger partial charge in [0, 0.05) is 42.9 Å². The van der Waals surface area contributed by atoms with Crippen molar-refractivity contribution in [2.75, 3.05) is 55.4 Å². The van der Waals surface area contributed by atoms with E-state index < -0.39 is 6.03 Å². The van der Waals surface area contributed by atoms with Crippen molar-refractivity contribution in [3.63, 3.8) is 0 Å². The van der Waals surface area contributed by atoms with Crippen LogP contribution in [-0.2, 0) is 6.42 Å². The van der Waals surface area contributed by atoms with Crippen LogP contribution in [-0.4, -0.2) is 55.8 Å². The quantitative estimate of drug-likeness (QED) is 0.273. The predicted molar refractivity (Wildman–Crippen MR) is 164 cm³/mol. The highest BCUT2D eigenvalue weighted by atomic mass is 35.5. The van der Waals surface area contributed by atoms with E-state index >= 15 is 0 Å². The Morgan fingerprint density at radius 1 is 1.15 bits per heavy atom. The molecule has 10 nitrogen and oxygen atoms in total. The average Bonchev–Trinajstić information content (AvgIpc) is 2.95. The van der Waals surface area contributed by atoms with Gasteiger partial charge in [0.05, 0.1) is 25.2 Å². The molecule has 2 heterocycles. The number of anilines is 3. The molecule has 2 aromatic carbocycles. The van der Waals surface area contributed by atoms with Crippen LogP contribution in [0.2, 0.25) is 5.02 Å². The highest BCUT2D eigenvalue weighted by Crippen LogP contribution is 2.32. The molecule has 0 bridgehead atoms. The summed E-state index contributed by atoms with van der Waals surface area (Å²) in [6.07, 6.45) is 3.27. The number of piperazine rings is 1. The molecule has 3 aromatic rings. The van der Waals surface area contributed by atoms with E-state index in [9.17, 15) is 4.79 Å². The van der Waals surface area contributed by atoms with E-state index in [1.165, 1.54) is 30.8 Å². The van der Waals surface area contributed by atoms with Crippen molar-refractivity contribution in [1.29, 1.82) is 5.26 Å². The number of nitrogens with one attached hydrogen (secondary N) is 4. The molecule has 4 rings (SSSR count). The van der Waals surface area contributed by atoms with Crippen LogP contribution in [0.4, 0.5) is 22.0 Å². The number of benzene rings is 2. The maximum absolute atomic E-state index is 12.4. The number of halogens is 3. The number of rotatable bonds is 9. The molecule has 0 unspecified atom stereocenters. The van der Waals surface area contributed by atoms with Gasteiger partial charge in [-0.15, -0.1) is 24.8 Å². The van der Waals surface area contributed by atoms with Gasteiger partial charge in [0.15, 0.2) is 11.5 Å². The third kappa shape index (κ3) is 8.84. The fraction of sp³-hybridized carbons (Fsp3) is 0.333. The lowest BCUT2D eigenvalue weighted by Gasteiger charge is -2.29. The number of urea groups is 1. The first-order chi connectivity index (χ1) is 18.5. The summed E-state index contributed by atoms with van der Waals surface area (Å²) in [5.74, 6) is 0.698. The van der Waals surface area contributed by atoms with Crippen LogP contribution < -0.4 is 30.9 Å². The Hall–Kier alpha value is -3.33. The van der Waals surface area contributed by atoms with Crippen LogP contribution in [0, 0.1) is 11.3 Å². The summed E-state index contributed by atoms with van der Waals surface area (Å²) in [6, 6.07) is 13.8. The molecule has 214 valence electrons. The predicted octanol–water partition coefficient (Wildman–Crippen LogP) is 4.80. The summed E-state index contributed by atoms with van der Waals surface area (Å²) >= 11 is 6.54. The number of aromatic nitrogens is 2. The summed E-state index contributed by atoms with van der Waals surface area (Å²) < 4.78 is 5.49. The number of hydrogen-bond acceptors (Lipinski definition) is 8. The Morgan fingerprint density at radius 2 is 1.88 bits per heavy atom. The SMILES string of the molecule is COc1cc(CCN[C@@H](C)c2ccc(N3CCNCC3)cc2)c(Cl)cc1NC(=O)Nc1cnc(C#N)cn1.Cl.Cl. The van der Waals surface area contributed by atoms with Crippen molar-refractivity contribution < 1.29 is 9.53 Å². The second-order valence-corrected chi connectivity index (χ2v) is 9.28. The van der Waals surface area contributed by atoms with Gasteiger partial charge in [-0.1, -0.05) is 23.7 Å². The third-order valence-corrected chi connectivity index (χ3v) is 6.70. The van der Waals surface area contributed by atoms with Gasteiger partial charge >= 0.3 is 6.03 Å². The van der Waals surface area contributed by atoms with Crippen molar-refractivity contribution in [3.05, 3.63) is 70.6 Å². The van der Waals surface area contributed by atoms with Crippen LogP contribution >= 0.6 is 36.4 Å². The zero-order valence-corrected chi connectivity index (χ0v) is 24.6. The first-order valence-electron chi connectivity index (χ1n) is 12.4. The van der Waals surface area contributed by atoms with Gasteiger partial charge in [0.25, 0.3) is 0 Å². The van der Waals surface area contributed by atoms with Gasteiger partial charge in [-0.3, -0.25) is 5.32 Å². The first-order valence-corrected chi connectivity index (χ1v) is 12.8. The third-order valence-electron chi connectivity index (χ3n) is 6.34. The second-order valence-electron chi connectivity index (χ2n) is 8.88. The van der Waals surface area contributed by atoms with Crippen molar-refractivity contribution >= 4 is 59.6 Å². The number of amides is 2. The average molecular weight is 608 g/mol. The maximum Gasteiger partial charge on any atom is 0.325 e. The van der Waals surface area contributed by atoms with E-state index in [-0.39, 0.29) is 42.4 Å². The smallest absolute Gasteiger partial charge is 0.325 e. The van der Waals surface area contributed by atoms with E-state index in [1.807, 2.05) is 12.1 Å². The number of carbonyl (C=O) groups is 1. The Morgan fingerprint density at radius 3 is 2.50 bits per heavy atom. The van der Waals surface area contributed by atoms with Gasteiger partial charge in [-0.05, 0) is 55.3 Å². The molecule has 0 radical (unpaired) electrons. The van der Waals surface area contributed by atoms with E-state index in [0.717, 1.165) is 31.7 Å². The fourth-order valence-corrected chi connectivity index (χ4v) is 4.47. The molecule has 0 spiro atoms. The molecule has 1 aliphatic rings. The highest BCUT2D eigenvalue weighted by Gasteiger charge is 2.14. The van der Waals surface area contributed by atoms with Crippen molar-refractivity contribution in [3.8, 4) is 11.8 Å². The Kier molecular flexibility index (Phi) is 13.2. The molecule has 4 N–H and O–H groups in total. The Bertz CT molecular complexity index is 1280. The summed E-state index contributed by atoms with van der Waals surface area (Å²) in [5, 5.41) is 21.6. The van der Waals surface area contributed by atoms with Crippen LogP contribution in [0.5, 0.6) is 5.75 Å². The molecule has 1 aliphatic heterocycles. The number of hydrogen-bond donors (Lipinski definition) is 4. The largest absolute Gasteiger partial charge is 0.495 e. The fourth-order valence-electron chi connectivity index (χ4n) is 4.21. The zero-order chi connectivity index (χ0) is 26.9. The normalized spacial score (nSPS) is 13.2. The molecule has 0 saturated carbocycles. The first kappa shape index (κ1) is 32.9. The molecule has 1 aromatic heterocycles. The monoisotopic (exact) mass is 606 g/mol. The summed E-state index contributed by atoms with van der Waals surface area (Å²) in [7, 11) is 1.53. The number of carbonyl (C=O) groups excluding carboxylic acids is 1. The van der Waals surface area contributed by atoms with Gasteiger partial charge in [0.1, 0.15) is 11.8 Å². The minimum absolute atomic E-state index is 0. The van der Waals surface area contributed by atoms with Gasteiger partial charge in [-0.25, -0.2) is 14.8 Å². The molecule has 1 fully saturated rings. The molecular formula is C27H33Cl3N8O2. The van der Waals surface area contributed by atoms with Crippen LogP contribution in [0.3, 0.4) is 0 Å².